The molecule has 0 unspecified atom stereocenters. The van der Waals surface area contributed by atoms with Crippen LogP contribution in [0.3, 0.4) is 0 Å². The predicted molar refractivity (Wildman–Crippen MR) is 124 cm³/mol. The first-order valence-corrected chi connectivity index (χ1v) is 11.3. The summed E-state index contributed by atoms with van der Waals surface area (Å²) >= 11 is 0. The third-order valence-electron chi connectivity index (χ3n) is 5.42. The van der Waals surface area contributed by atoms with Gasteiger partial charge in [-0.2, -0.15) is 13.2 Å². The zero-order chi connectivity index (χ0) is 25.4. The summed E-state index contributed by atoms with van der Waals surface area (Å²) in [7, 11) is 0. The Kier molecular flexibility index (Phi) is 8.68. The van der Waals surface area contributed by atoms with Crippen LogP contribution in [0.15, 0.2) is 55.0 Å². The number of nitrogens with zero attached hydrogens (tertiary/aromatic N) is 2. The van der Waals surface area contributed by atoms with E-state index in [-0.39, 0.29) is 24.0 Å². The number of halogens is 3. The number of aryl methyl sites for hydroxylation is 2. The Hall–Kier alpha value is -3.62. The molecular formula is C26H27F3N2O4. The Balaban J connectivity index is 1.65. The van der Waals surface area contributed by atoms with Gasteiger partial charge in [-0.25, -0.2) is 4.98 Å². The highest BCUT2D eigenvalue weighted by Gasteiger charge is 2.32. The molecule has 3 aromatic rings. The van der Waals surface area contributed by atoms with Crippen LogP contribution in [0.25, 0.3) is 11.1 Å². The fourth-order valence-electron chi connectivity index (χ4n) is 3.53. The Morgan fingerprint density at radius 2 is 1.94 bits per heavy atom. The fraction of sp³-hybridized carbons (Fsp3) is 0.346. The number of alkyl halides is 3. The highest BCUT2D eigenvalue weighted by Crippen LogP contribution is 2.36. The van der Waals surface area contributed by atoms with Gasteiger partial charge in [-0.15, -0.1) is 0 Å². The Labute approximate surface area is 201 Å². The van der Waals surface area contributed by atoms with Gasteiger partial charge in [0, 0.05) is 42.6 Å². The number of aliphatic carboxylic acids is 1. The van der Waals surface area contributed by atoms with Crippen LogP contribution in [0.2, 0.25) is 0 Å². The highest BCUT2D eigenvalue weighted by molar-refractivity contribution is 5.68. The lowest BCUT2D eigenvalue weighted by molar-refractivity contribution is -0.138. The predicted octanol–water partition coefficient (Wildman–Crippen LogP) is 5.98. The first-order chi connectivity index (χ1) is 16.7. The van der Waals surface area contributed by atoms with Crippen molar-refractivity contribution >= 4 is 5.97 Å². The molecule has 3 rings (SSSR count). The molecule has 0 aliphatic rings. The molecule has 0 aliphatic heterocycles. The number of carbonyl (C=O) groups is 1. The normalized spacial score (nSPS) is 12.3. The number of benzene rings is 1. The van der Waals surface area contributed by atoms with Crippen LogP contribution in [-0.4, -0.2) is 33.8 Å². The Morgan fingerprint density at radius 1 is 1.14 bits per heavy atom. The molecular weight excluding hydrogens is 461 g/mol. The minimum atomic E-state index is -4.53. The molecule has 0 fully saturated rings. The number of rotatable bonds is 11. The van der Waals surface area contributed by atoms with E-state index in [9.17, 15) is 18.0 Å². The zero-order valence-electron chi connectivity index (χ0n) is 19.5. The molecule has 2 aromatic heterocycles. The molecule has 9 heteroatoms. The largest absolute Gasteiger partial charge is 0.493 e. The Bertz CT molecular complexity index is 1140. The van der Waals surface area contributed by atoms with Gasteiger partial charge in [0.15, 0.2) is 0 Å². The number of aromatic nitrogens is 2. The highest BCUT2D eigenvalue weighted by atomic mass is 19.4. The van der Waals surface area contributed by atoms with E-state index in [1.54, 1.807) is 25.1 Å². The van der Waals surface area contributed by atoms with Crippen molar-refractivity contribution in [2.24, 2.45) is 0 Å². The van der Waals surface area contributed by atoms with E-state index in [4.69, 9.17) is 14.6 Å². The second kappa shape index (κ2) is 11.7. The van der Waals surface area contributed by atoms with Crippen molar-refractivity contribution in [1.29, 1.82) is 0 Å². The lowest BCUT2D eigenvalue weighted by Gasteiger charge is -2.18. The van der Waals surface area contributed by atoms with E-state index in [1.807, 2.05) is 19.1 Å². The lowest BCUT2D eigenvalue weighted by Crippen LogP contribution is -2.17. The molecule has 0 bridgehead atoms. The van der Waals surface area contributed by atoms with E-state index in [2.05, 4.69) is 9.97 Å². The topological polar surface area (TPSA) is 81.5 Å². The number of carboxylic acids is 1. The van der Waals surface area contributed by atoms with Gasteiger partial charge in [-0.3, -0.25) is 9.78 Å². The quantitative estimate of drug-likeness (QED) is 0.358. The van der Waals surface area contributed by atoms with Crippen molar-refractivity contribution in [3.63, 3.8) is 0 Å². The van der Waals surface area contributed by atoms with Gasteiger partial charge in [0.05, 0.1) is 12.2 Å². The van der Waals surface area contributed by atoms with E-state index in [0.717, 1.165) is 29.8 Å². The van der Waals surface area contributed by atoms with E-state index in [0.29, 0.717) is 30.8 Å². The van der Waals surface area contributed by atoms with Crippen molar-refractivity contribution in [2.75, 3.05) is 6.61 Å². The second-order valence-electron chi connectivity index (χ2n) is 8.06. The summed E-state index contributed by atoms with van der Waals surface area (Å²) in [5.41, 5.74) is 1.83. The number of pyridine rings is 2. The maximum absolute atomic E-state index is 13.2. The van der Waals surface area contributed by atoms with Crippen LogP contribution in [0.1, 0.15) is 43.4 Å². The summed E-state index contributed by atoms with van der Waals surface area (Å²) in [6, 6.07) is 9.88. The third kappa shape index (κ3) is 7.43. The van der Waals surface area contributed by atoms with E-state index in [1.165, 1.54) is 12.4 Å². The van der Waals surface area contributed by atoms with Crippen LogP contribution >= 0.6 is 0 Å². The maximum Gasteiger partial charge on any atom is 0.417 e. The number of hydrogen-bond acceptors (Lipinski definition) is 5. The van der Waals surface area contributed by atoms with Crippen LogP contribution in [0.5, 0.6) is 11.6 Å². The summed E-state index contributed by atoms with van der Waals surface area (Å²) in [5.74, 6) is -0.0815. The van der Waals surface area contributed by atoms with Crippen LogP contribution in [-0.2, 0) is 23.8 Å². The second-order valence-corrected chi connectivity index (χ2v) is 8.06. The molecule has 186 valence electrons. The van der Waals surface area contributed by atoms with Gasteiger partial charge in [0.25, 0.3) is 0 Å². The fourth-order valence-corrected chi connectivity index (χ4v) is 3.53. The molecule has 35 heavy (non-hydrogen) atoms. The van der Waals surface area contributed by atoms with Crippen molar-refractivity contribution < 1.29 is 32.5 Å². The smallest absolute Gasteiger partial charge is 0.417 e. The maximum atomic E-state index is 13.2. The number of ether oxygens (including phenoxy) is 2. The van der Waals surface area contributed by atoms with E-state index < -0.39 is 17.7 Å². The first kappa shape index (κ1) is 26.0. The zero-order valence-corrected chi connectivity index (χ0v) is 19.5. The van der Waals surface area contributed by atoms with Crippen molar-refractivity contribution in [1.82, 2.24) is 9.97 Å². The average molecular weight is 489 g/mol. The standard InChI is InChI=1S/C26H27F3N2O4/c1-3-18-13-22(8-6-19(18)7-9-24(32)33)34-12-10-17(2)35-25-23(20-5-4-11-30-15-20)14-21(16-31-25)26(27,28)29/h4-6,8,11,13-17H,3,7,9-10,12H2,1-2H3,(H,32,33)/t17-/m0/s1. The van der Waals surface area contributed by atoms with Crippen LogP contribution in [0, 0.1) is 0 Å². The van der Waals surface area contributed by atoms with Crippen molar-refractivity contribution in [3.8, 4) is 22.8 Å². The summed E-state index contributed by atoms with van der Waals surface area (Å²) in [6.45, 7) is 4.11. The molecule has 1 atom stereocenters. The molecule has 6 nitrogen and oxygen atoms in total. The van der Waals surface area contributed by atoms with Crippen molar-refractivity contribution in [2.45, 2.75) is 51.8 Å². The molecule has 1 N–H and O–H groups in total. The van der Waals surface area contributed by atoms with Gasteiger partial charge >= 0.3 is 12.1 Å². The molecule has 0 saturated carbocycles. The van der Waals surface area contributed by atoms with Gasteiger partial charge in [0.2, 0.25) is 5.88 Å². The monoisotopic (exact) mass is 488 g/mol. The third-order valence-corrected chi connectivity index (χ3v) is 5.42. The van der Waals surface area contributed by atoms with Crippen molar-refractivity contribution in [3.05, 3.63) is 71.7 Å². The average Bonchev–Trinajstić information content (AvgIpc) is 2.83. The van der Waals surface area contributed by atoms with Gasteiger partial charge in [0.1, 0.15) is 11.9 Å². The van der Waals surface area contributed by atoms with Gasteiger partial charge in [-0.1, -0.05) is 19.1 Å². The minimum absolute atomic E-state index is 0.0705. The SMILES string of the molecule is CCc1cc(OCC[C@H](C)Oc2ncc(C(F)(F)F)cc2-c2cccnc2)ccc1CCC(=O)O. The number of hydrogen-bond donors (Lipinski definition) is 1. The first-order valence-electron chi connectivity index (χ1n) is 11.3. The summed E-state index contributed by atoms with van der Waals surface area (Å²) in [5, 5.41) is 8.90. The van der Waals surface area contributed by atoms with E-state index >= 15 is 0 Å². The molecule has 2 heterocycles. The molecule has 0 radical (unpaired) electrons. The molecule has 0 amide bonds. The minimum Gasteiger partial charge on any atom is -0.493 e. The lowest BCUT2D eigenvalue weighted by atomic mass is 10.0. The number of carboxylic acid groups (broad SMARTS) is 1. The molecule has 0 spiro atoms. The van der Waals surface area contributed by atoms with Gasteiger partial charge in [-0.05, 0) is 55.2 Å². The molecule has 1 aromatic carbocycles. The van der Waals surface area contributed by atoms with Crippen LogP contribution < -0.4 is 9.47 Å². The molecule has 0 aliphatic carbocycles. The molecule has 0 saturated heterocycles. The van der Waals surface area contributed by atoms with Crippen LogP contribution in [0.4, 0.5) is 13.2 Å². The van der Waals surface area contributed by atoms with Gasteiger partial charge < -0.3 is 14.6 Å². The Morgan fingerprint density at radius 3 is 2.60 bits per heavy atom. The summed E-state index contributed by atoms with van der Waals surface area (Å²) in [4.78, 5) is 18.8. The summed E-state index contributed by atoms with van der Waals surface area (Å²) in [6.07, 6.45) is 0.607. The summed E-state index contributed by atoms with van der Waals surface area (Å²) < 4.78 is 51.4.